The van der Waals surface area contributed by atoms with Crippen molar-refractivity contribution >= 4 is 11.8 Å². The van der Waals surface area contributed by atoms with E-state index in [1.54, 1.807) is 30.0 Å². The Morgan fingerprint density at radius 2 is 1.67 bits per heavy atom. The smallest absolute Gasteiger partial charge is 0.320 e. The van der Waals surface area contributed by atoms with Crippen molar-refractivity contribution in [3.05, 3.63) is 65.2 Å². The van der Waals surface area contributed by atoms with Crippen LogP contribution < -0.4 is 5.73 Å². The van der Waals surface area contributed by atoms with Crippen LogP contribution in [0.25, 0.3) is 0 Å². The summed E-state index contributed by atoms with van der Waals surface area (Å²) < 4.78 is 39.1. The number of hydrogen-bond acceptors (Lipinski definition) is 2. The van der Waals surface area contributed by atoms with Gasteiger partial charge in [-0.15, -0.1) is 11.8 Å². The van der Waals surface area contributed by atoms with Gasteiger partial charge in [-0.1, -0.05) is 37.3 Å². The van der Waals surface area contributed by atoms with E-state index in [0.717, 1.165) is 16.7 Å². The average molecular weight is 311 g/mol. The number of benzene rings is 2. The van der Waals surface area contributed by atoms with E-state index in [2.05, 4.69) is 0 Å². The first-order chi connectivity index (χ1) is 9.93. The van der Waals surface area contributed by atoms with Gasteiger partial charge >= 0.3 is 6.18 Å². The van der Waals surface area contributed by atoms with Crippen LogP contribution >= 0.6 is 11.8 Å². The van der Waals surface area contributed by atoms with E-state index in [9.17, 15) is 13.2 Å². The van der Waals surface area contributed by atoms with E-state index in [-0.39, 0.29) is 5.56 Å². The minimum Gasteiger partial charge on any atom is -0.320 e. The monoisotopic (exact) mass is 311 g/mol. The fraction of sp³-hybridized carbons (Fsp3) is 0.250. The maximum atomic E-state index is 13.0. The first kappa shape index (κ1) is 15.9. The molecule has 0 fully saturated rings. The number of thioether (sulfide) groups is 1. The largest absolute Gasteiger partial charge is 0.416 e. The molecule has 2 aromatic rings. The lowest BCUT2D eigenvalue weighted by Crippen LogP contribution is -2.18. The van der Waals surface area contributed by atoms with Crippen molar-refractivity contribution in [2.75, 3.05) is 5.75 Å². The van der Waals surface area contributed by atoms with Crippen LogP contribution in [0.4, 0.5) is 13.2 Å². The molecule has 0 aromatic heterocycles. The van der Waals surface area contributed by atoms with Crippen molar-refractivity contribution in [3.63, 3.8) is 0 Å². The van der Waals surface area contributed by atoms with Gasteiger partial charge in [0.25, 0.3) is 0 Å². The molecule has 2 aromatic carbocycles. The normalized spacial score (nSPS) is 13.2. The quantitative estimate of drug-likeness (QED) is 0.816. The van der Waals surface area contributed by atoms with Gasteiger partial charge in [0.05, 0.1) is 11.6 Å². The average Bonchev–Trinajstić information content (AvgIpc) is 2.47. The van der Waals surface area contributed by atoms with Gasteiger partial charge in [-0.3, -0.25) is 0 Å². The van der Waals surface area contributed by atoms with Gasteiger partial charge < -0.3 is 5.73 Å². The van der Waals surface area contributed by atoms with Crippen molar-refractivity contribution < 1.29 is 13.2 Å². The highest BCUT2D eigenvalue weighted by atomic mass is 32.2. The third-order valence-corrected chi connectivity index (χ3v) is 4.05. The Balaban J connectivity index is 2.34. The Labute approximate surface area is 126 Å². The Morgan fingerprint density at radius 3 is 2.24 bits per heavy atom. The van der Waals surface area contributed by atoms with Gasteiger partial charge in [0.1, 0.15) is 0 Å². The van der Waals surface area contributed by atoms with Crippen LogP contribution in [0.1, 0.15) is 29.7 Å². The first-order valence-electron chi connectivity index (χ1n) is 6.58. The summed E-state index contributed by atoms with van der Waals surface area (Å²) in [5.41, 5.74) is 6.13. The standard InChI is InChI=1S/C16H16F3NS/c1-2-21-12-9-7-11(8-10-12)15(20)13-5-3-4-6-14(13)16(17,18)19/h3-10,15H,2,20H2,1H3. The van der Waals surface area contributed by atoms with Crippen LogP contribution in [0.2, 0.25) is 0 Å². The summed E-state index contributed by atoms with van der Waals surface area (Å²) in [7, 11) is 0. The number of hydrogen-bond donors (Lipinski definition) is 1. The highest BCUT2D eigenvalue weighted by Crippen LogP contribution is 2.35. The third kappa shape index (κ3) is 3.80. The maximum Gasteiger partial charge on any atom is 0.416 e. The molecule has 0 aliphatic carbocycles. The summed E-state index contributed by atoms with van der Waals surface area (Å²) in [5, 5.41) is 0. The highest BCUT2D eigenvalue weighted by molar-refractivity contribution is 7.99. The molecule has 0 radical (unpaired) electrons. The van der Waals surface area contributed by atoms with E-state index < -0.39 is 17.8 Å². The van der Waals surface area contributed by atoms with Crippen LogP contribution in [-0.4, -0.2) is 5.75 Å². The van der Waals surface area contributed by atoms with Gasteiger partial charge in [-0.05, 0) is 35.1 Å². The molecule has 112 valence electrons. The third-order valence-electron chi connectivity index (χ3n) is 3.15. The van der Waals surface area contributed by atoms with E-state index in [0.29, 0.717) is 5.56 Å². The topological polar surface area (TPSA) is 26.0 Å². The predicted octanol–water partition coefficient (Wildman–Crippen LogP) is 4.87. The summed E-state index contributed by atoms with van der Waals surface area (Å²) in [6.45, 7) is 2.05. The van der Waals surface area contributed by atoms with Crippen molar-refractivity contribution in [1.82, 2.24) is 0 Å². The first-order valence-corrected chi connectivity index (χ1v) is 7.56. The minimum absolute atomic E-state index is 0.0981. The van der Waals surface area contributed by atoms with E-state index in [1.165, 1.54) is 12.1 Å². The number of halogens is 3. The molecule has 2 N–H and O–H groups in total. The summed E-state index contributed by atoms with van der Waals surface area (Å²) in [6.07, 6.45) is -4.40. The Kier molecular flexibility index (Phi) is 4.96. The molecule has 0 aliphatic heterocycles. The van der Waals surface area contributed by atoms with Gasteiger partial charge in [0, 0.05) is 4.90 Å². The second kappa shape index (κ2) is 6.54. The van der Waals surface area contributed by atoms with Crippen LogP contribution in [0.5, 0.6) is 0 Å². The van der Waals surface area contributed by atoms with Gasteiger partial charge in [0.15, 0.2) is 0 Å². The predicted molar refractivity (Wildman–Crippen MR) is 80.3 cm³/mol. The molecule has 1 atom stereocenters. The van der Waals surface area contributed by atoms with Crippen LogP contribution in [-0.2, 0) is 6.18 Å². The van der Waals surface area contributed by atoms with Crippen LogP contribution in [0.15, 0.2) is 53.4 Å². The molecule has 0 heterocycles. The zero-order chi connectivity index (χ0) is 15.5. The Hall–Kier alpha value is -1.46. The van der Waals surface area contributed by atoms with E-state index in [4.69, 9.17) is 5.73 Å². The van der Waals surface area contributed by atoms with Crippen molar-refractivity contribution in [2.24, 2.45) is 5.73 Å². The second-order valence-electron chi connectivity index (χ2n) is 4.56. The van der Waals surface area contributed by atoms with Crippen molar-refractivity contribution in [3.8, 4) is 0 Å². The van der Waals surface area contributed by atoms with E-state index >= 15 is 0 Å². The summed E-state index contributed by atoms with van der Waals surface area (Å²) in [5.74, 6) is 0.947. The number of rotatable bonds is 4. The SMILES string of the molecule is CCSc1ccc(C(N)c2ccccc2C(F)(F)F)cc1. The molecule has 2 rings (SSSR count). The van der Waals surface area contributed by atoms with Gasteiger partial charge in [0.2, 0.25) is 0 Å². The summed E-state index contributed by atoms with van der Waals surface area (Å²) in [6, 6.07) is 12.0. The van der Waals surface area contributed by atoms with Crippen molar-refractivity contribution in [1.29, 1.82) is 0 Å². The summed E-state index contributed by atoms with van der Waals surface area (Å²) >= 11 is 1.68. The van der Waals surface area contributed by atoms with E-state index in [1.807, 2.05) is 19.1 Å². The molecule has 21 heavy (non-hydrogen) atoms. The lowest BCUT2D eigenvalue weighted by molar-refractivity contribution is -0.138. The number of nitrogens with two attached hydrogens (primary N) is 1. The Morgan fingerprint density at radius 1 is 1.05 bits per heavy atom. The lowest BCUT2D eigenvalue weighted by Gasteiger charge is -2.18. The molecule has 0 bridgehead atoms. The molecule has 0 saturated heterocycles. The fourth-order valence-electron chi connectivity index (χ4n) is 2.14. The van der Waals surface area contributed by atoms with Crippen LogP contribution in [0.3, 0.4) is 0 Å². The van der Waals surface area contributed by atoms with Crippen LogP contribution in [0, 0.1) is 0 Å². The van der Waals surface area contributed by atoms with Gasteiger partial charge in [-0.25, -0.2) is 0 Å². The van der Waals surface area contributed by atoms with Crippen molar-refractivity contribution in [2.45, 2.75) is 24.0 Å². The second-order valence-corrected chi connectivity index (χ2v) is 5.90. The minimum atomic E-state index is -4.40. The molecule has 0 spiro atoms. The molecular formula is C16H16F3NS. The molecule has 0 aliphatic rings. The lowest BCUT2D eigenvalue weighted by atomic mass is 9.95. The molecule has 5 heteroatoms. The van der Waals surface area contributed by atoms with Gasteiger partial charge in [-0.2, -0.15) is 13.2 Å². The molecule has 1 nitrogen and oxygen atoms in total. The molecular weight excluding hydrogens is 295 g/mol. The highest BCUT2D eigenvalue weighted by Gasteiger charge is 2.34. The molecule has 0 saturated carbocycles. The Bertz CT molecular complexity index is 593. The summed E-state index contributed by atoms with van der Waals surface area (Å²) in [4.78, 5) is 1.08. The number of alkyl halides is 3. The molecule has 0 amide bonds. The zero-order valence-electron chi connectivity index (χ0n) is 11.5. The maximum absolute atomic E-state index is 13.0. The fourth-order valence-corrected chi connectivity index (χ4v) is 2.81. The zero-order valence-corrected chi connectivity index (χ0v) is 12.3. The molecule has 1 unspecified atom stereocenters.